The van der Waals surface area contributed by atoms with E-state index in [1.54, 1.807) is 0 Å². The predicted molar refractivity (Wildman–Crippen MR) is 77.1 cm³/mol. The highest BCUT2D eigenvalue weighted by atomic mass is 127. The van der Waals surface area contributed by atoms with Crippen LogP contribution < -0.4 is 5.32 Å². The van der Waals surface area contributed by atoms with Crippen LogP contribution in [0.5, 0.6) is 0 Å². The van der Waals surface area contributed by atoms with E-state index in [1.807, 2.05) is 25.1 Å². The van der Waals surface area contributed by atoms with E-state index >= 15 is 0 Å². The number of carbonyl (C=O) groups excluding carboxylic acids is 1. The van der Waals surface area contributed by atoms with Crippen LogP contribution in [0.25, 0.3) is 0 Å². The van der Waals surface area contributed by atoms with Gasteiger partial charge in [0, 0.05) is 23.1 Å². The van der Waals surface area contributed by atoms with Gasteiger partial charge in [0.15, 0.2) is 0 Å². The number of amides is 1. The zero-order valence-corrected chi connectivity index (χ0v) is 12.5. The van der Waals surface area contributed by atoms with Gasteiger partial charge in [-0.1, -0.05) is 17.7 Å². The van der Waals surface area contributed by atoms with Gasteiger partial charge in [-0.05, 0) is 47.2 Å². The van der Waals surface area contributed by atoms with Crippen molar-refractivity contribution in [2.45, 2.75) is 19.9 Å². The van der Waals surface area contributed by atoms with Gasteiger partial charge in [0.05, 0.1) is 11.6 Å². The van der Waals surface area contributed by atoms with E-state index < -0.39 is 0 Å². The number of ether oxygens (including phenoxy) is 1. The van der Waals surface area contributed by atoms with Crippen LogP contribution in [0.15, 0.2) is 18.2 Å². The van der Waals surface area contributed by atoms with Crippen molar-refractivity contribution in [3.05, 3.63) is 32.4 Å². The average molecular weight is 368 g/mol. The zero-order chi connectivity index (χ0) is 12.7. The van der Waals surface area contributed by atoms with Gasteiger partial charge >= 0.3 is 0 Å². The quantitative estimate of drug-likeness (QED) is 0.620. The van der Waals surface area contributed by atoms with Gasteiger partial charge in [0.25, 0.3) is 0 Å². The fourth-order valence-electron chi connectivity index (χ4n) is 1.25. The van der Waals surface area contributed by atoms with Crippen molar-refractivity contribution in [3.8, 4) is 0 Å². The molecule has 5 heteroatoms. The van der Waals surface area contributed by atoms with Crippen LogP contribution in [0, 0.1) is 3.57 Å². The lowest BCUT2D eigenvalue weighted by molar-refractivity contribution is -0.122. The summed E-state index contributed by atoms with van der Waals surface area (Å²) in [7, 11) is 0. The Morgan fingerprint density at radius 3 is 2.94 bits per heavy atom. The summed E-state index contributed by atoms with van der Waals surface area (Å²) in [6.45, 7) is 3.52. The minimum atomic E-state index is -0.00637. The number of benzene rings is 1. The lowest BCUT2D eigenvalue weighted by Gasteiger charge is -2.06. The maximum atomic E-state index is 11.4. The molecular weight excluding hydrogens is 352 g/mol. The second-order valence-corrected chi connectivity index (χ2v) is 5.04. The number of carbonyl (C=O) groups is 1. The molecule has 0 bridgehead atoms. The van der Waals surface area contributed by atoms with E-state index in [1.165, 1.54) is 0 Å². The molecule has 0 heterocycles. The van der Waals surface area contributed by atoms with E-state index in [0.717, 1.165) is 9.13 Å². The molecule has 0 atom stereocenters. The predicted octanol–water partition coefficient (Wildman–Crippen LogP) is 2.99. The molecule has 3 nitrogen and oxygen atoms in total. The third kappa shape index (κ3) is 5.70. The Labute approximate surface area is 120 Å². The van der Waals surface area contributed by atoms with Crippen molar-refractivity contribution in [3.63, 3.8) is 0 Å². The van der Waals surface area contributed by atoms with Gasteiger partial charge in [0.1, 0.15) is 0 Å². The normalized spacial score (nSPS) is 10.3. The highest BCUT2D eigenvalue weighted by Gasteiger charge is 2.02. The third-order valence-electron chi connectivity index (χ3n) is 2.15. The monoisotopic (exact) mass is 367 g/mol. The summed E-state index contributed by atoms with van der Waals surface area (Å²) in [5, 5.41) is 3.54. The molecule has 0 radical (unpaired) electrons. The summed E-state index contributed by atoms with van der Waals surface area (Å²) < 4.78 is 6.12. The standard InChI is InChI=1S/C12H15ClINO2/c1-2-17-6-5-12(16)15-8-9-3-4-11(14)10(13)7-9/h3-4,7H,2,5-6,8H2,1H3,(H,15,16). The van der Waals surface area contributed by atoms with E-state index in [9.17, 15) is 4.79 Å². The summed E-state index contributed by atoms with van der Waals surface area (Å²) >= 11 is 8.16. The van der Waals surface area contributed by atoms with Crippen molar-refractivity contribution in [2.24, 2.45) is 0 Å². The molecule has 0 saturated carbocycles. The zero-order valence-electron chi connectivity index (χ0n) is 9.63. The molecule has 0 aliphatic rings. The Hall–Kier alpha value is -0.330. The molecule has 1 aromatic rings. The number of nitrogens with one attached hydrogen (secondary N) is 1. The molecule has 0 aromatic heterocycles. The van der Waals surface area contributed by atoms with Gasteiger partial charge in [0.2, 0.25) is 5.91 Å². The van der Waals surface area contributed by atoms with Gasteiger partial charge in [-0.15, -0.1) is 0 Å². The molecule has 0 spiro atoms. The molecular formula is C12H15ClINO2. The van der Waals surface area contributed by atoms with Crippen LogP contribution >= 0.6 is 34.2 Å². The van der Waals surface area contributed by atoms with Crippen molar-refractivity contribution < 1.29 is 9.53 Å². The van der Waals surface area contributed by atoms with Crippen LogP contribution in [0.3, 0.4) is 0 Å². The van der Waals surface area contributed by atoms with E-state index in [0.29, 0.717) is 31.2 Å². The molecule has 0 saturated heterocycles. The summed E-state index contributed by atoms with van der Waals surface area (Å²) in [6.07, 6.45) is 0.395. The Balaban J connectivity index is 2.34. The second kappa shape index (κ2) is 7.89. The summed E-state index contributed by atoms with van der Waals surface area (Å²) in [5.41, 5.74) is 1.00. The van der Waals surface area contributed by atoms with Gasteiger partial charge in [-0.25, -0.2) is 0 Å². The molecule has 1 aromatic carbocycles. The molecule has 0 unspecified atom stereocenters. The Morgan fingerprint density at radius 1 is 1.53 bits per heavy atom. The van der Waals surface area contributed by atoms with E-state index in [4.69, 9.17) is 16.3 Å². The van der Waals surface area contributed by atoms with Crippen LogP contribution in [0.1, 0.15) is 18.9 Å². The van der Waals surface area contributed by atoms with Crippen molar-refractivity contribution in [1.82, 2.24) is 5.32 Å². The largest absolute Gasteiger partial charge is 0.381 e. The maximum Gasteiger partial charge on any atom is 0.222 e. The fraction of sp³-hybridized carbons (Fsp3) is 0.417. The molecule has 0 aliphatic carbocycles. The SMILES string of the molecule is CCOCCC(=O)NCc1ccc(I)c(Cl)c1. The molecule has 1 amide bonds. The first kappa shape index (κ1) is 14.7. The fourth-order valence-corrected chi connectivity index (χ4v) is 1.79. The first-order chi connectivity index (χ1) is 8.13. The average Bonchev–Trinajstić information content (AvgIpc) is 2.31. The molecule has 17 heavy (non-hydrogen) atoms. The van der Waals surface area contributed by atoms with Crippen LogP contribution in [0.2, 0.25) is 5.02 Å². The minimum Gasteiger partial charge on any atom is -0.381 e. The molecule has 1 N–H and O–H groups in total. The summed E-state index contributed by atoms with van der Waals surface area (Å²) in [5.74, 6) is -0.00637. The number of rotatable bonds is 6. The van der Waals surface area contributed by atoms with Crippen LogP contribution in [-0.4, -0.2) is 19.1 Å². The first-order valence-electron chi connectivity index (χ1n) is 5.42. The number of halogens is 2. The summed E-state index contributed by atoms with van der Waals surface area (Å²) in [4.78, 5) is 11.4. The molecule has 0 aliphatic heterocycles. The van der Waals surface area contributed by atoms with E-state index in [2.05, 4.69) is 27.9 Å². The van der Waals surface area contributed by atoms with Crippen LogP contribution in [-0.2, 0) is 16.1 Å². The van der Waals surface area contributed by atoms with Crippen molar-refractivity contribution >= 4 is 40.1 Å². The van der Waals surface area contributed by atoms with Crippen molar-refractivity contribution in [1.29, 1.82) is 0 Å². The van der Waals surface area contributed by atoms with Gasteiger partial charge in [-0.2, -0.15) is 0 Å². The van der Waals surface area contributed by atoms with Crippen LogP contribution in [0.4, 0.5) is 0 Å². The van der Waals surface area contributed by atoms with Gasteiger partial charge in [-0.3, -0.25) is 4.79 Å². The number of hydrogen-bond acceptors (Lipinski definition) is 2. The third-order valence-corrected chi connectivity index (χ3v) is 3.72. The lowest BCUT2D eigenvalue weighted by atomic mass is 10.2. The topological polar surface area (TPSA) is 38.3 Å². The highest BCUT2D eigenvalue weighted by Crippen LogP contribution is 2.19. The van der Waals surface area contributed by atoms with E-state index in [-0.39, 0.29) is 5.91 Å². The summed E-state index contributed by atoms with van der Waals surface area (Å²) in [6, 6.07) is 5.76. The smallest absolute Gasteiger partial charge is 0.222 e. The Morgan fingerprint density at radius 2 is 2.29 bits per heavy atom. The maximum absolute atomic E-state index is 11.4. The number of hydrogen-bond donors (Lipinski definition) is 1. The second-order valence-electron chi connectivity index (χ2n) is 3.47. The Bertz CT molecular complexity index is 385. The minimum absolute atomic E-state index is 0.00637. The molecule has 0 fully saturated rings. The molecule has 1 rings (SSSR count). The molecule has 94 valence electrons. The van der Waals surface area contributed by atoms with Crippen molar-refractivity contribution in [2.75, 3.05) is 13.2 Å². The lowest BCUT2D eigenvalue weighted by Crippen LogP contribution is -2.23. The highest BCUT2D eigenvalue weighted by molar-refractivity contribution is 14.1. The Kier molecular flexibility index (Phi) is 6.84. The van der Waals surface area contributed by atoms with Gasteiger partial charge < -0.3 is 10.1 Å². The first-order valence-corrected chi connectivity index (χ1v) is 6.87.